The summed E-state index contributed by atoms with van der Waals surface area (Å²) in [4.78, 5) is 13.5. The standard InChI is InChI=1S/C10H13N3O4S/c14-13(15)9-1-2-10(12-6-9)18(16,17)7-8-3-4-11-5-8/h1-2,6,8,11H,3-5,7H2/t8-/m0/s1. The molecule has 1 aliphatic rings. The molecule has 0 radical (unpaired) electrons. The molecule has 1 fully saturated rings. The molecule has 0 spiro atoms. The van der Waals surface area contributed by atoms with Gasteiger partial charge in [-0.1, -0.05) is 0 Å². The Hall–Kier alpha value is -1.54. The SMILES string of the molecule is O=[N+]([O-])c1ccc(S(=O)(=O)C[C@H]2CCNC2)nc1. The second-order valence-electron chi connectivity index (χ2n) is 4.25. The lowest BCUT2D eigenvalue weighted by Crippen LogP contribution is -2.19. The van der Waals surface area contributed by atoms with Gasteiger partial charge in [0.2, 0.25) is 0 Å². The van der Waals surface area contributed by atoms with E-state index in [1.165, 1.54) is 6.07 Å². The van der Waals surface area contributed by atoms with Gasteiger partial charge in [0.25, 0.3) is 5.69 Å². The highest BCUT2D eigenvalue weighted by Gasteiger charge is 2.25. The Morgan fingerprint density at radius 3 is 2.78 bits per heavy atom. The van der Waals surface area contributed by atoms with Crippen molar-refractivity contribution in [2.75, 3.05) is 18.8 Å². The fourth-order valence-corrected chi connectivity index (χ4v) is 3.48. The third-order valence-corrected chi connectivity index (χ3v) is 4.66. The first-order valence-electron chi connectivity index (χ1n) is 5.53. The molecule has 2 rings (SSSR count). The molecular weight excluding hydrogens is 258 g/mol. The third kappa shape index (κ3) is 2.82. The van der Waals surface area contributed by atoms with Crippen LogP contribution >= 0.6 is 0 Å². The lowest BCUT2D eigenvalue weighted by atomic mass is 10.2. The molecule has 2 heterocycles. The van der Waals surface area contributed by atoms with Gasteiger partial charge in [0.1, 0.15) is 6.20 Å². The fourth-order valence-electron chi connectivity index (χ4n) is 1.92. The van der Waals surface area contributed by atoms with E-state index in [2.05, 4.69) is 10.3 Å². The zero-order valence-electron chi connectivity index (χ0n) is 9.57. The molecule has 1 N–H and O–H groups in total. The van der Waals surface area contributed by atoms with Gasteiger partial charge in [-0.3, -0.25) is 10.1 Å². The first-order chi connectivity index (χ1) is 8.49. The van der Waals surface area contributed by atoms with Gasteiger partial charge in [0.05, 0.1) is 10.7 Å². The van der Waals surface area contributed by atoms with Crippen molar-refractivity contribution in [3.05, 3.63) is 28.4 Å². The highest BCUT2D eigenvalue weighted by Crippen LogP contribution is 2.18. The van der Waals surface area contributed by atoms with Gasteiger partial charge in [-0.2, -0.15) is 0 Å². The number of nitro groups is 1. The number of nitrogens with zero attached hydrogens (tertiary/aromatic N) is 2. The maximum Gasteiger partial charge on any atom is 0.287 e. The highest BCUT2D eigenvalue weighted by atomic mass is 32.2. The quantitative estimate of drug-likeness (QED) is 0.627. The monoisotopic (exact) mass is 271 g/mol. The summed E-state index contributed by atoms with van der Waals surface area (Å²) in [5.41, 5.74) is -0.212. The van der Waals surface area contributed by atoms with E-state index in [9.17, 15) is 18.5 Å². The molecule has 0 unspecified atom stereocenters. The van der Waals surface area contributed by atoms with Crippen LogP contribution in [-0.2, 0) is 9.84 Å². The number of hydrogen-bond acceptors (Lipinski definition) is 6. The van der Waals surface area contributed by atoms with Crippen molar-refractivity contribution >= 4 is 15.5 Å². The molecule has 0 aromatic carbocycles. The van der Waals surface area contributed by atoms with Crippen molar-refractivity contribution < 1.29 is 13.3 Å². The zero-order valence-corrected chi connectivity index (χ0v) is 10.4. The summed E-state index contributed by atoms with van der Waals surface area (Å²) in [6.07, 6.45) is 1.80. The summed E-state index contributed by atoms with van der Waals surface area (Å²) >= 11 is 0. The number of hydrogen-bond donors (Lipinski definition) is 1. The summed E-state index contributed by atoms with van der Waals surface area (Å²) in [6, 6.07) is 2.35. The van der Waals surface area contributed by atoms with Crippen LogP contribution in [0.3, 0.4) is 0 Å². The first kappa shape index (κ1) is 12.9. The second kappa shape index (κ2) is 4.99. The van der Waals surface area contributed by atoms with Gasteiger partial charge in [0.15, 0.2) is 14.9 Å². The van der Waals surface area contributed by atoms with Gasteiger partial charge in [-0.25, -0.2) is 13.4 Å². The van der Waals surface area contributed by atoms with E-state index < -0.39 is 14.8 Å². The minimum absolute atomic E-state index is 0.0326. The maximum atomic E-state index is 12.0. The van der Waals surface area contributed by atoms with Crippen molar-refractivity contribution in [3.63, 3.8) is 0 Å². The van der Waals surface area contributed by atoms with E-state index >= 15 is 0 Å². The Balaban J connectivity index is 2.16. The summed E-state index contributed by atoms with van der Waals surface area (Å²) in [7, 11) is -3.46. The molecule has 1 aromatic rings. The van der Waals surface area contributed by atoms with E-state index in [1.807, 2.05) is 0 Å². The zero-order chi connectivity index (χ0) is 13.2. The molecule has 98 valence electrons. The van der Waals surface area contributed by atoms with Crippen molar-refractivity contribution in [3.8, 4) is 0 Å². The van der Waals surface area contributed by atoms with Crippen molar-refractivity contribution in [1.82, 2.24) is 10.3 Å². The number of nitrogens with one attached hydrogen (secondary N) is 1. The van der Waals surface area contributed by atoms with Crippen LogP contribution in [0.5, 0.6) is 0 Å². The Labute approximate surface area is 104 Å². The predicted molar refractivity (Wildman–Crippen MR) is 63.9 cm³/mol. The van der Waals surface area contributed by atoms with Gasteiger partial charge in [-0.15, -0.1) is 0 Å². The summed E-state index contributed by atoms with van der Waals surface area (Å²) in [5, 5.41) is 13.4. The van der Waals surface area contributed by atoms with E-state index in [1.54, 1.807) is 0 Å². The van der Waals surface area contributed by atoms with E-state index in [0.29, 0.717) is 6.54 Å². The normalized spacial score (nSPS) is 19.9. The van der Waals surface area contributed by atoms with Crippen LogP contribution in [-0.4, -0.2) is 37.2 Å². The Bertz CT molecular complexity index is 535. The van der Waals surface area contributed by atoms with Crippen LogP contribution in [0.2, 0.25) is 0 Å². The third-order valence-electron chi connectivity index (χ3n) is 2.87. The number of sulfone groups is 1. The van der Waals surface area contributed by atoms with Crippen LogP contribution < -0.4 is 5.32 Å². The van der Waals surface area contributed by atoms with E-state index in [0.717, 1.165) is 25.2 Å². The summed E-state index contributed by atoms with van der Waals surface area (Å²) in [5.74, 6) is 0.122. The molecule has 18 heavy (non-hydrogen) atoms. The molecule has 1 aliphatic heterocycles. The Morgan fingerprint density at radius 1 is 1.50 bits per heavy atom. The summed E-state index contributed by atoms with van der Waals surface area (Å²) < 4.78 is 24.0. The molecule has 0 aliphatic carbocycles. The van der Waals surface area contributed by atoms with E-state index in [4.69, 9.17) is 0 Å². The average Bonchev–Trinajstić information content (AvgIpc) is 2.81. The lowest BCUT2D eigenvalue weighted by Gasteiger charge is -2.08. The van der Waals surface area contributed by atoms with Crippen LogP contribution in [0.15, 0.2) is 23.4 Å². The van der Waals surface area contributed by atoms with Crippen LogP contribution in [0.4, 0.5) is 5.69 Å². The molecule has 8 heteroatoms. The lowest BCUT2D eigenvalue weighted by molar-refractivity contribution is -0.385. The molecule has 1 saturated heterocycles. The van der Waals surface area contributed by atoms with Crippen molar-refractivity contribution in [2.24, 2.45) is 5.92 Å². The van der Waals surface area contributed by atoms with Gasteiger partial charge in [-0.05, 0) is 31.5 Å². The molecular formula is C10H13N3O4S. The van der Waals surface area contributed by atoms with E-state index in [-0.39, 0.29) is 22.4 Å². The molecule has 1 aromatic heterocycles. The van der Waals surface area contributed by atoms with Crippen LogP contribution in [0.1, 0.15) is 6.42 Å². The van der Waals surface area contributed by atoms with Crippen molar-refractivity contribution in [1.29, 1.82) is 0 Å². The van der Waals surface area contributed by atoms with Gasteiger partial charge in [0, 0.05) is 6.07 Å². The van der Waals surface area contributed by atoms with Crippen molar-refractivity contribution in [2.45, 2.75) is 11.4 Å². The molecule has 0 amide bonds. The molecule has 1 atom stereocenters. The van der Waals surface area contributed by atoms with Gasteiger partial charge >= 0.3 is 0 Å². The fraction of sp³-hybridized carbons (Fsp3) is 0.500. The predicted octanol–water partition coefficient (Wildman–Crippen LogP) is 0.373. The molecule has 0 saturated carbocycles. The topological polar surface area (TPSA) is 102 Å². The number of rotatable bonds is 4. The maximum absolute atomic E-state index is 12.0. The molecule has 7 nitrogen and oxygen atoms in total. The highest BCUT2D eigenvalue weighted by molar-refractivity contribution is 7.91. The van der Waals surface area contributed by atoms with Crippen LogP contribution in [0.25, 0.3) is 0 Å². The number of aromatic nitrogens is 1. The van der Waals surface area contributed by atoms with Gasteiger partial charge < -0.3 is 5.32 Å². The smallest absolute Gasteiger partial charge is 0.287 e. The largest absolute Gasteiger partial charge is 0.316 e. The first-order valence-corrected chi connectivity index (χ1v) is 7.18. The second-order valence-corrected chi connectivity index (χ2v) is 6.23. The number of pyridine rings is 1. The Morgan fingerprint density at radius 2 is 2.28 bits per heavy atom. The molecule has 0 bridgehead atoms. The summed E-state index contributed by atoms with van der Waals surface area (Å²) in [6.45, 7) is 1.51. The minimum atomic E-state index is -3.46. The van der Waals surface area contributed by atoms with Crippen LogP contribution in [0, 0.1) is 16.0 Å². The Kier molecular flexibility index (Phi) is 3.58. The average molecular weight is 271 g/mol. The minimum Gasteiger partial charge on any atom is -0.316 e.